The van der Waals surface area contributed by atoms with E-state index in [-0.39, 0.29) is 0 Å². The largest absolute Gasteiger partial charge is 0.370 e. The number of anilines is 1. The molecule has 0 aliphatic carbocycles. The Morgan fingerprint density at radius 2 is 1.61 bits per heavy atom. The molecule has 38 heavy (non-hydrogen) atoms. The molecular formula is C33H51FN4. The van der Waals surface area contributed by atoms with Crippen LogP contribution < -0.4 is 10.2 Å². The van der Waals surface area contributed by atoms with Crippen LogP contribution in [0.15, 0.2) is 48.5 Å². The van der Waals surface area contributed by atoms with Gasteiger partial charge in [-0.2, -0.15) is 0 Å². The van der Waals surface area contributed by atoms with Crippen LogP contribution in [0.4, 0.5) is 10.1 Å². The Morgan fingerprint density at radius 3 is 2.29 bits per heavy atom. The number of nitrogens with one attached hydrogen (secondary N) is 1. The van der Waals surface area contributed by atoms with Crippen LogP contribution in [-0.4, -0.2) is 63.9 Å². The van der Waals surface area contributed by atoms with E-state index >= 15 is 0 Å². The highest BCUT2D eigenvalue weighted by molar-refractivity contribution is 5.94. The summed E-state index contributed by atoms with van der Waals surface area (Å²) >= 11 is 0. The number of fused-ring (bicyclic) bond motifs is 2. The molecule has 2 aromatic carbocycles. The predicted octanol–water partition coefficient (Wildman–Crippen LogP) is 7.39. The molecule has 1 N–H and O–H groups in total. The summed E-state index contributed by atoms with van der Waals surface area (Å²) < 4.78 is 9.50. The molecule has 5 rings (SSSR count). The summed E-state index contributed by atoms with van der Waals surface area (Å²) in [5.74, 6) is 1.60. The first-order valence-electron chi connectivity index (χ1n) is 14.6. The smallest absolute Gasteiger partial charge is 0.0785 e. The minimum atomic E-state index is 0.500. The van der Waals surface area contributed by atoms with Crippen LogP contribution in [0.2, 0.25) is 0 Å². The van der Waals surface area contributed by atoms with Crippen LogP contribution in [0.25, 0.3) is 22.2 Å². The number of piperidine rings is 1. The van der Waals surface area contributed by atoms with Gasteiger partial charge in [-0.05, 0) is 88.5 Å². The van der Waals surface area contributed by atoms with Gasteiger partial charge in [-0.1, -0.05) is 64.1 Å². The topological polar surface area (TPSA) is 31.4 Å². The molecule has 210 valence electrons. The van der Waals surface area contributed by atoms with E-state index in [0.29, 0.717) is 7.18 Å². The Kier molecular flexibility index (Phi) is 13.7. The average molecular weight is 523 g/mol. The molecule has 2 atom stereocenters. The number of aromatic nitrogens is 1. The second-order valence-corrected chi connectivity index (χ2v) is 9.93. The van der Waals surface area contributed by atoms with Crippen LogP contribution in [0.3, 0.4) is 0 Å². The van der Waals surface area contributed by atoms with Crippen molar-refractivity contribution in [2.75, 3.05) is 58.9 Å². The van der Waals surface area contributed by atoms with Gasteiger partial charge >= 0.3 is 0 Å². The van der Waals surface area contributed by atoms with Crippen LogP contribution in [-0.2, 0) is 6.42 Å². The first-order chi connectivity index (χ1) is 18.6. The fraction of sp³-hybridized carbons (Fsp3) is 0.545. The van der Waals surface area contributed by atoms with Gasteiger partial charge in [0.1, 0.15) is 0 Å². The lowest BCUT2D eigenvalue weighted by Gasteiger charge is -2.31. The van der Waals surface area contributed by atoms with E-state index in [1.807, 2.05) is 34.7 Å². The monoisotopic (exact) mass is 522 g/mol. The van der Waals surface area contributed by atoms with E-state index in [4.69, 9.17) is 4.98 Å². The maximum atomic E-state index is 9.50. The zero-order valence-corrected chi connectivity index (χ0v) is 25.1. The Hall–Kier alpha value is -2.50. The predicted molar refractivity (Wildman–Crippen MR) is 165 cm³/mol. The molecule has 5 heteroatoms. The summed E-state index contributed by atoms with van der Waals surface area (Å²) in [6, 6.07) is 18.1. The minimum absolute atomic E-state index is 0.500. The number of benzene rings is 2. The Bertz CT molecular complexity index is 1080. The summed E-state index contributed by atoms with van der Waals surface area (Å²) in [5, 5.41) is 4.52. The number of pyridine rings is 1. The van der Waals surface area contributed by atoms with Gasteiger partial charge in [0, 0.05) is 36.3 Å². The number of hydrogen-bond acceptors (Lipinski definition) is 4. The molecule has 2 fully saturated rings. The van der Waals surface area contributed by atoms with Gasteiger partial charge in [0.05, 0.1) is 18.4 Å². The fourth-order valence-electron chi connectivity index (χ4n) is 5.59. The van der Waals surface area contributed by atoms with Crippen LogP contribution in [0, 0.1) is 18.8 Å². The zero-order chi connectivity index (χ0) is 28.1. The van der Waals surface area contributed by atoms with Gasteiger partial charge in [0.2, 0.25) is 0 Å². The Labute approximate surface area is 231 Å². The Balaban J connectivity index is 0.000000791. The van der Waals surface area contributed by atoms with Gasteiger partial charge < -0.3 is 15.1 Å². The third-order valence-corrected chi connectivity index (χ3v) is 7.43. The van der Waals surface area contributed by atoms with Crippen molar-refractivity contribution < 1.29 is 4.39 Å². The fourth-order valence-corrected chi connectivity index (χ4v) is 5.59. The van der Waals surface area contributed by atoms with Crippen LogP contribution in [0.1, 0.15) is 51.7 Å². The molecule has 0 radical (unpaired) electrons. The molecule has 1 aromatic heterocycles. The Morgan fingerprint density at radius 1 is 0.921 bits per heavy atom. The number of likely N-dealkylation sites (tertiary alicyclic amines) is 1. The summed E-state index contributed by atoms with van der Waals surface area (Å²) in [5.41, 5.74) is 7.44. The van der Waals surface area contributed by atoms with Crippen molar-refractivity contribution in [3.8, 4) is 11.3 Å². The number of alkyl halides is 1. The average Bonchev–Trinajstić information content (AvgIpc) is 3.39. The lowest BCUT2D eigenvalue weighted by atomic mass is 9.89. The normalized spacial score (nSPS) is 18.4. The second kappa shape index (κ2) is 16.5. The number of aryl methyl sites for hydroxylation is 2. The van der Waals surface area contributed by atoms with Crippen molar-refractivity contribution in [1.29, 1.82) is 0 Å². The molecule has 2 unspecified atom stereocenters. The van der Waals surface area contributed by atoms with Crippen molar-refractivity contribution >= 4 is 16.6 Å². The van der Waals surface area contributed by atoms with Gasteiger partial charge in [0.15, 0.2) is 0 Å². The maximum Gasteiger partial charge on any atom is 0.0785 e. The number of rotatable bonds is 6. The zero-order valence-electron chi connectivity index (χ0n) is 25.1. The van der Waals surface area contributed by atoms with Crippen molar-refractivity contribution in [3.63, 3.8) is 0 Å². The molecule has 2 saturated heterocycles. The van der Waals surface area contributed by atoms with Crippen molar-refractivity contribution in [3.05, 3.63) is 59.7 Å². The van der Waals surface area contributed by atoms with Crippen LogP contribution >= 0.6 is 0 Å². The molecular weight excluding hydrogens is 471 g/mol. The van der Waals surface area contributed by atoms with E-state index in [9.17, 15) is 4.39 Å². The molecule has 0 saturated carbocycles. The molecule has 2 aliphatic heterocycles. The van der Waals surface area contributed by atoms with Crippen molar-refractivity contribution in [1.82, 2.24) is 15.2 Å². The minimum Gasteiger partial charge on any atom is -0.370 e. The standard InChI is InChI=1S/C28H36N4.2C2H6.CH3F/c1-20-6-11-25-27(15-20)30-26(22-9-7-21(8-10-22)5-4-13-29-2)16-28(25)32-18-23-12-14-31(3)17-24(23)19-32;3*1-2/h6-11,15-16,23-24,29H,4-5,12-14,17-19H2,1-3H3;2*1-2H3;1H3. The highest BCUT2D eigenvalue weighted by atomic mass is 19.1. The first-order valence-corrected chi connectivity index (χ1v) is 14.6. The van der Waals surface area contributed by atoms with E-state index in [2.05, 4.69) is 77.6 Å². The quantitative estimate of drug-likeness (QED) is 0.342. The molecule has 2 aliphatic rings. The molecule has 3 heterocycles. The summed E-state index contributed by atoms with van der Waals surface area (Å²) in [4.78, 5) is 10.2. The molecule has 0 spiro atoms. The van der Waals surface area contributed by atoms with Gasteiger partial charge in [-0.25, -0.2) is 4.98 Å². The van der Waals surface area contributed by atoms with E-state index < -0.39 is 0 Å². The van der Waals surface area contributed by atoms with E-state index in [1.165, 1.54) is 60.2 Å². The summed E-state index contributed by atoms with van der Waals surface area (Å²) in [6.07, 6.45) is 3.60. The molecule has 4 nitrogen and oxygen atoms in total. The molecule has 0 bridgehead atoms. The third kappa shape index (κ3) is 8.00. The lowest BCUT2D eigenvalue weighted by molar-refractivity contribution is 0.178. The van der Waals surface area contributed by atoms with Crippen molar-refractivity contribution in [2.45, 2.75) is 53.9 Å². The molecule has 3 aromatic rings. The molecule has 0 amide bonds. The SMILES string of the molecule is CC.CC.CF.CNCCCc1ccc(-c2cc(N3CC4CCN(C)CC4C3)c3ccc(C)cc3n2)cc1. The number of nitrogens with zero attached hydrogens (tertiary/aromatic N) is 3. The maximum absolute atomic E-state index is 9.50. The van der Waals surface area contributed by atoms with Gasteiger partial charge in [0.25, 0.3) is 0 Å². The summed E-state index contributed by atoms with van der Waals surface area (Å²) in [7, 11) is 4.78. The second-order valence-electron chi connectivity index (χ2n) is 9.93. The van der Waals surface area contributed by atoms with E-state index in [0.717, 1.165) is 42.6 Å². The lowest BCUT2D eigenvalue weighted by Crippen LogP contribution is -2.37. The summed E-state index contributed by atoms with van der Waals surface area (Å²) in [6.45, 7) is 16.0. The van der Waals surface area contributed by atoms with Crippen molar-refractivity contribution in [2.24, 2.45) is 11.8 Å². The third-order valence-electron chi connectivity index (χ3n) is 7.43. The highest BCUT2D eigenvalue weighted by Gasteiger charge is 2.36. The van der Waals surface area contributed by atoms with Gasteiger partial charge in [-0.3, -0.25) is 4.39 Å². The number of hydrogen-bond donors (Lipinski definition) is 1. The van der Waals surface area contributed by atoms with E-state index in [1.54, 1.807) is 0 Å². The number of halogens is 1. The van der Waals surface area contributed by atoms with Gasteiger partial charge in [-0.15, -0.1) is 0 Å². The van der Waals surface area contributed by atoms with Crippen LogP contribution in [0.5, 0.6) is 0 Å². The first kappa shape index (κ1) is 31.7. The highest BCUT2D eigenvalue weighted by Crippen LogP contribution is 2.38.